The number of nitrogens with one attached hydrogen (secondary N) is 1. The molecule has 134 valence electrons. The molecular formula is C17H19I2N3O2S. The Kier molecular flexibility index (Phi) is 8.07. The van der Waals surface area contributed by atoms with Crippen LogP contribution in [-0.4, -0.2) is 29.2 Å². The minimum absolute atomic E-state index is 0.736. The average Bonchev–Trinajstić information content (AvgIpc) is 3.05. The Morgan fingerprint density at radius 3 is 2.60 bits per heavy atom. The number of aromatic amines is 1. The zero-order chi connectivity index (χ0) is 18.4. The van der Waals surface area contributed by atoms with E-state index in [0.717, 1.165) is 50.3 Å². The number of ether oxygens (including phenoxy) is 2. The van der Waals surface area contributed by atoms with Gasteiger partial charge in [-0.15, -0.1) is 0 Å². The van der Waals surface area contributed by atoms with E-state index in [4.69, 9.17) is 9.47 Å². The van der Waals surface area contributed by atoms with Gasteiger partial charge < -0.3 is 14.5 Å². The molecule has 8 heteroatoms. The third-order valence-electron chi connectivity index (χ3n) is 3.76. The maximum absolute atomic E-state index is 5.46. The second kappa shape index (κ2) is 9.81. The molecule has 1 N–H and O–H groups in total. The molecule has 3 aromatic rings. The lowest BCUT2D eigenvalue weighted by Gasteiger charge is -2.11. The van der Waals surface area contributed by atoms with Crippen molar-refractivity contribution in [1.29, 1.82) is 0 Å². The number of fused-ring (bicyclic) bond motifs is 1. The summed E-state index contributed by atoms with van der Waals surface area (Å²) in [7, 11) is 3.35. The first-order valence-corrected chi connectivity index (χ1v) is 14.7. The fraction of sp³-hybridized carbons (Fsp3) is 0.294. The van der Waals surface area contributed by atoms with Crippen LogP contribution >= 0.6 is 49.0 Å². The Morgan fingerprint density at radius 2 is 1.92 bits per heavy atom. The molecule has 2 aromatic heterocycles. The highest BCUT2D eigenvalue weighted by molar-refractivity contribution is 15.0. The van der Waals surface area contributed by atoms with Gasteiger partial charge in [-0.3, -0.25) is 4.98 Å². The lowest BCUT2D eigenvalue weighted by Crippen LogP contribution is -1.98. The van der Waals surface area contributed by atoms with Gasteiger partial charge in [0.15, 0.2) is 5.16 Å². The predicted molar refractivity (Wildman–Crippen MR) is 121 cm³/mol. The lowest BCUT2D eigenvalue weighted by molar-refractivity contribution is 0.407. The number of aromatic nitrogens is 3. The second-order valence-corrected chi connectivity index (χ2v) is 6.22. The van der Waals surface area contributed by atoms with Crippen LogP contribution < -0.4 is 9.47 Å². The van der Waals surface area contributed by atoms with E-state index >= 15 is 0 Å². The number of rotatable bonds is 5. The van der Waals surface area contributed by atoms with Crippen molar-refractivity contribution in [3.63, 3.8) is 0 Å². The number of H-pyrrole nitrogens is 1. The van der Waals surface area contributed by atoms with E-state index in [1.165, 1.54) is 0 Å². The van der Waals surface area contributed by atoms with Gasteiger partial charge in [-0.05, 0) is 26.0 Å². The van der Waals surface area contributed by atoms with Gasteiger partial charge in [0.1, 0.15) is 11.5 Å². The molecule has 0 spiro atoms. The zero-order valence-electron chi connectivity index (χ0n) is 14.4. The van der Waals surface area contributed by atoms with Gasteiger partial charge >= 0.3 is 0 Å². The van der Waals surface area contributed by atoms with Gasteiger partial charge in [0.05, 0.1) is 30.9 Å². The summed E-state index contributed by atoms with van der Waals surface area (Å²) in [5.41, 5.74) is 5.04. The minimum Gasteiger partial charge on any atom is -0.497 e. The smallest absolute Gasteiger partial charge is 0.166 e. The maximum Gasteiger partial charge on any atom is 0.166 e. The number of aryl methyl sites for hydroxylation is 1. The van der Waals surface area contributed by atoms with Crippen molar-refractivity contribution in [2.45, 2.75) is 24.8 Å². The van der Waals surface area contributed by atoms with E-state index in [0.29, 0.717) is 0 Å². The molecule has 0 aliphatic rings. The summed E-state index contributed by atoms with van der Waals surface area (Å²) in [4.78, 5) is 12.4. The minimum atomic E-state index is 0.736. The molecule has 0 fully saturated rings. The standard InChI is InChI=1S/C17H19N3O2S.I2/c1-10-8-18-15(11(2)16(10)22-4)9-23-17-19-13-6-5-12(21-3)7-14(13)20-17;1-2/h5-8H,9H2,1-4H3,(H,19,20);. The van der Waals surface area contributed by atoms with E-state index in [1.807, 2.05) is 38.2 Å². The molecule has 0 unspecified atom stereocenters. The molecule has 0 amide bonds. The third-order valence-corrected chi connectivity index (χ3v) is 4.65. The number of imidazole rings is 1. The summed E-state index contributed by atoms with van der Waals surface area (Å²) in [5, 5.41) is 0.869. The van der Waals surface area contributed by atoms with Crippen LogP contribution in [-0.2, 0) is 5.75 Å². The highest BCUT2D eigenvalue weighted by Crippen LogP contribution is 2.29. The first-order valence-electron chi connectivity index (χ1n) is 7.42. The number of benzene rings is 1. The van der Waals surface area contributed by atoms with E-state index in [9.17, 15) is 0 Å². The van der Waals surface area contributed by atoms with Crippen molar-refractivity contribution >= 4 is 60.0 Å². The molecule has 0 radical (unpaired) electrons. The van der Waals surface area contributed by atoms with Gasteiger partial charge in [0.25, 0.3) is 0 Å². The molecule has 2 heterocycles. The average molecular weight is 583 g/mol. The Bertz CT molecular complexity index is 855. The fourth-order valence-electron chi connectivity index (χ4n) is 2.51. The van der Waals surface area contributed by atoms with Crippen molar-refractivity contribution in [3.8, 4) is 11.5 Å². The normalized spacial score (nSPS) is 10.3. The molecule has 25 heavy (non-hydrogen) atoms. The molecule has 0 aliphatic carbocycles. The van der Waals surface area contributed by atoms with Crippen LogP contribution in [0.2, 0.25) is 0 Å². The molecular weight excluding hydrogens is 564 g/mol. The Labute approximate surface area is 175 Å². The van der Waals surface area contributed by atoms with Gasteiger partial charge in [0.2, 0.25) is 0 Å². The summed E-state index contributed by atoms with van der Waals surface area (Å²) < 4.78 is 10.7. The van der Waals surface area contributed by atoms with Gasteiger partial charge in [-0.2, -0.15) is 0 Å². The van der Waals surface area contributed by atoms with E-state index in [-0.39, 0.29) is 0 Å². The van der Waals surface area contributed by atoms with Crippen LogP contribution in [0, 0.1) is 13.8 Å². The zero-order valence-corrected chi connectivity index (χ0v) is 19.5. The first-order chi connectivity index (χ1) is 12.1. The Balaban J connectivity index is 0.00000109. The van der Waals surface area contributed by atoms with Crippen LogP contribution in [0.15, 0.2) is 29.6 Å². The monoisotopic (exact) mass is 583 g/mol. The number of methoxy groups -OCH3 is 2. The highest BCUT2D eigenvalue weighted by Gasteiger charge is 2.11. The second-order valence-electron chi connectivity index (χ2n) is 5.26. The number of hydrogen-bond donors (Lipinski definition) is 1. The van der Waals surface area contributed by atoms with Crippen molar-refractivity contribution < 1.29 is 9.47 Å². The van der Waals surface area contributed by atoms with Crippen LogP contribution in [0.3, 0.4) is 0 Å². The van der Waals surface area contributed by atoms with Crippen LogP contribution in [0.25, 0.3) is 11.0 Å². The number of pyridine rings is 1. The fourth-order valence-corrected chi connectivity index (χ4v) is 3.42. The summed E-state index contributed by atoms with van der Waals surface area (Å²) in [5.74, 6) is 2.46. The topological polar surface area (TPSA) is 60.0 Å². The predicted octanol–water partition coefficient (Wildman–Crippen LogP) is 5.66. The number of hydrogen-bond acceptors (Lipinski definition) is 5. The van der Waals surface area contributed by atoms with E-state index < -0.39 is 0 Å². The van der Waals surface area contributed by atoms with Crippen molar-refractivity contribution in [1.82, 2.24) is 15.0 Å². The first kappa shape index (κ1) is 20.6. The Morgan fingerprint density at radius 1 is 1.16 bits per heavy atom. The molecule has 0 atom stereocenters. The quantitative estimate of drug-likeness (QED) is 0.311. The molecule has 3 rings (SSSR count). The van der Waals surface area contributed by atoms with E-state index in [2.05, 4.69) is 52.2 Å². The van der Waals surface area contributed by atoms with E-state index in [1.54, 1.807) is 26.0 Å². The van der Waals surface area contributed by atoms with Crippen molar-refractivity contribution in [2.24, 2.45) is 0 Å². The van der Waals surface area contributed by atoms with Gasteiger partial charge in [-0.25, -0.2) is 4.98 Å². The lowest BCUT2D eigenvalue weighted by atomic mass is 10.1. The molecule has 0 aliphatic heterocycles. The molecule has 0 saturated carbocycles. The van der Waals surface area contributed by atoms with Gasteiger partial charge in [0, 0.05) is 66.4 Å². The molecule has 0 saturated heterocycles. The molecule has 1 aromatic carbocycles. The number of halogens is 2. The summed E-state index contributed by atoms with van der Waals surface area (Å²) in [6, 6.07) is 5.81. The Hall–Kier alpha value is -0.750. The number of nitrogens with zero attached hydrogens (tertiary/aromatic N) is 2. The van der Waals surface area contributed by atoms with Gasteiger partial charge in [-0.1, -0.05) is 11.8 Å². The molecule has 5 nitrogen and oxygen atoms in total. The summed E-state index contributed by atoms with van der Waals surface area (Å²) in [6.45, 7) is 4.04. The molecule has 0 bridgehead atoms. The van der Waals surface area contributed by atoms with Crippen LogP contribution in [0.4, 0.5) is 0 Å². The van der Waals surface area contributed by atoms with Crippen molar-refractivity contribution in [2.75, 3.05) is 14.2 Å². The van der Waals surface area contributed by atoms with Crippen molar-refractivity contribution in [3.05, 3.63) is 41.2 Å². The third kappa shape index (κ3) is 4.91. The number of thioether (sulfide) groups is 1. The largest absolute Gasteiger partial charge is 0.497 e. The van der Waals surface area contributed by atoms with Crippen LogP contribution in [0.1, 0.15) is 16.8 Å². The SMILES string of the molecule is COc1ccc2nc(SCc3ncc(C)c(OC)c3C)[nH]c2c1.II. The highest BCUT2D eigenvalue weighted by atomic mass is 128. The van der Waals surface area contributed by atoms with Crippen LogP contribution in [0.5, 0.6) is 11.5 Å². The summed E-state index contributed by atoms with van der Waals surface area (Å²) in [6.07, 6.45) is 1.85. The maximum atomic E-state index is 5.46. The summed E-state index contributed by atoms with van der Waals surface area (Å²) >= 11 is 5.87.